The number of carbonyl (C=O) groups is 1. The first-order valence-electron chi connectivity index (χ1n) is 12.8. The van der Waals surface area contributed by atoms with Gasteiger partial charge in [-0.05, 0) is 26.1 Å². The number of aryl methyl sites for hydroxylation is 2. The van der Waals surface area contributed by atoms with Gasteiger partial charge in [0.25, 0.3) is 5.92 Å². The maximum Gasteiger partial charge on any atom is 0.323 e. The monoisotopic (exact) mass is 566 g/mol. The van der Waals surface area contributed by atoms with Crippen LogP contribution in [0.4, 0.5) is 25.3 Å². The zero-order valence-electron chi connectivity index (χ0n) is 22.7. The van der Waals surface area contributed by atoms with Gasteiger partial charge in [0.2, 0.25) is 5.95 Å². The summed E-state index contributed by atoms with van der Waals surface area (Å²) < 4.78 is 42.6. The van der Waals surface area contributed by atoms with Gasteiger partial charge in [0.1, 0.15) is 34.4 Å². The lowest BCUT2D eigenvalue weighted by Crippen LogP contribution is -2.57. The van der Waals surface area contributed by atoms with Gasteiger partial charge in [-0.25, -0.2) is 14.8 Å². The summed E-state index contributed by atoms with van der Waals surface area (Å²) in [5.74, 6) is -1.93. The number of alkyl halides is 2. The third-order valence-electron chi connectivity index (χ3n) is 6.90. The number of nitrogens with one attached hydrogen (secondary N) is 2. The van der Waals surface area contributed by atoms with E-state index in [-0.39, 0.29) is 64.6 Å². The minimum atomic E-state index is -2.95. The summed E-state index contributed by atoms with van der Waals surface area (Å²) in [5, 5.41) is 19.9. The highest BCUT2D eigenvalue weighted by atomic mass is 19.3. The summed E-state index contributed by atoms with van der Waals surface area (Å²) in [4.78, 5) is 26.6. The van der Waals surface area contributed by atoms with E-state index in [2.05, 4.69) is 43.5 Å². The standard InChI is InChI=1S/C26H28F2N10O3/c1-5-15(9-20(30-2)33-25(39)37-13-16(14-37)40-4)41-18-12-31-23-22(17(18)11-29)36(3)24(34-23)32-21-10-19-26(27,28)7-6-8-38(19)35-21/h5,9-10,12,16H,2,6-8,13-14H2,1,3-4H3,(H,33,39)(H,31,32,34,35)/b15-5+,20-9+. The minimum Gasteiger partial charge on any atom is -0.454 e. The van der Waals surface area contributed by atoms with Crippen LogP contribution in [0.1, 0.15) is 31.0 Å². The van der Waals surface area contributed by atoms with Crippen molar-refractivity contribution in [3.63, 3.8) is 0 Å². The van der Waals surface area contributed by atoms with E-state index in [9.17, 15) is 18.8 Å². The summed E-state index contributed by atoms with van der Waals surface area (Å²) in [6, 6.07) is 3.08. The summed E-state index contributed by atoms with van der Waals surface area (Å²) >= 11 is 0. The van der Waals surface area contributed by atoms with Gasteiger partial charge < -0.3 is 24.3 Å². The molecule has 13 nitrogen and oxygen atoms in total. The molecule has 0 bridgehead atoms. The van der Waals surface area contributed by atoms with Gasteiger partial charge >= 0.3 is 6.03 Å². The number of urea groups is 1. The lowest BCUT2D eigenvalue weighted by atomic mass is 10.1. The molecule has 0 aliphatic carbocycles. The number of ether oxygens (including phenoxy) is 2. The number of nitrogens with zero attached hydrogens (tertiary/aromatic N) is 8. The van der Waals surface area contributed by atoms with Crippen molar-refractivity contribution >= 4 is 35.7 Å². The Morgan fingerprint density at radius 2 is 2.17 bits per heavy atom. The molecule has 0 atom stereocenters. The summed E-state index contributed by atoms with van der Waals surface area (Å²) in [5.41, 5.74) is 0.597. The second-order valence-corrected chi connectivity index (χ2v) is 9.52. The number of aromatic nitrogens is 5. The van der Waals surface area contributed by atoms with Gasteiger partial charge in [0, 0.05) is 39.3 Å². The Bertz CT molecular complexity index is 1610. The number of pyridine rings is 1. The van der Waals surface area contributed by atoms with Gasteiger partial charge in [0.05, 0.1) is 25.4 Å². The Labute approximate surface area is 233 Å². The average molecular weight is 567 g/mol. The van der Waals surface area contributed by atoms with Crippen LogP contribution in [0.25, 0.3) is 11.2 Å². The zero-order chi connectivity index (χ0) is 29.3. The van der Waals surface area contributed by atoms with E-state index in [1.54, 1.807) is 36.6 Å². The number of methoxy groups -OCH3 is 1. The fourth-order valence-corrected chi connectivity index (χ4v) is 4.58. The number of fused-ring (bicyclic) bond motifs is 2. The highest BCUT2D eigenvalue weighted by Gasteiger charge is 2.38. The largest absolute Gasteiger partial charge is 0.454 e. The van der Waals surface area contributed by atoms with Crippen molar-refractivity contribution in [2.45, 2.75) is 38.3 Å². The number of halogens is 2. The van der Waals surface area contributed by atoms with Crippen LogP contribution in [0, 0.1) is 11.3 Å². The molecule has 0 saturated carbocycles. The Hall–Kier alpha value is -4.84. The molecule has 3 aromatic rings. The number of likely N-dealkylation sites (tertiary alicyclic amines) is 1. The van der Waals surface area contributed by atoms with Crippen LogP contribution in [-0.2, 0) is 24.3 Å². The maximum atomic E-state index is 14.3. The zero-order valence-corrected chi connectivity index (χ0v) is 22.7. The first kappa shape index (κ1) is 27.7. The van der Waals surface area contributed by atoms with Crippen molar-refractivity contribution in [2.24, 2.45) is 12.0 Å². The number of aliphatic imine (C=N–C) groups is 1. The van der Waals surface area contributed by atoms with Crippen molar-refractivity contribution in [1.29, 1.82) is 5.26 Å². The van der Waals surface area contributed by atoms with Crippen LogP contribution < -0.4 is 15.4 Å². The Morgan fingerprint density at radius 1 is 1.39 bits per heavy atom. The molecule has 0 spiro atoms. The van der Waals surface area contributed by atoms with Gasteiger partial charge in [-0.3, -0.25) is 10.00 Å². The highest BCUT2D eigenvalue weighted by molar-refractivity contribution is 5.84. The van der Waals surface area contributed by atoms with Crippen LogP contribution in [-0.4, -0.2) is 68.3 Å². The Balaban J connectivity index is 1.37. The van der Waals surface area contributed by atoms with Crippen molar-refractivity contribution in [3.05, 3.63) is 47.3 Å². The van der Waals surface area contributed by atoms with Crippen molar-refractivity contribution < 1.29 is 23.0 Å². The number of imidazole rings is 1. The highest BCUT2D eigenvalue weighted by Crippen LogP contribution is 2.38. The molecule has 0 aromatic carbocycles. The molecule has 214 valence electrons. The normalized spacial score (nSPS) is 17.0. The number of amides is 2. The Morgan fingerprint density at radius 3 is 2.83 bits per heavy atom. The van der Waals surface area contributed by atoms with E-state index < -0.39 is 5.92 Å². The van der Waals surface area contributed by atoms with Crippen LogP contribution in [0.15, 0.2) is 41.0 Å². The van der Waals surface area contributed by atoms with E-state index >= 15 is 0 Å². The average Bonchev–Trinajstić information content (AvgIpc) is 3.48. The predicted molar refractivity (Wildman–Crippen MR) is 145 cm³/mol. The lowest BCUT2D eigenvalue weighted by molar-refractivity contribution is -0.0364. The molecule has 2 N–H and O–H groups in total. The molecule has 0 unspecified atom stereocenters. The summed E-state index contributed by atoms with van der Waals surface area (Å²) in [6.45, 7) is 6.55. The third kappa shape index (κ3) is 5.33. The summed E-state index contributed by atoms with van der Waals surface area (Å²) in [6.07, 6.45) is 4.56. The topological polar surface area (TPSA) is 148 Å². The fourth-order valence-electron chi connectivity index (χ4n) is 4.58. The first-order chi connectivity index (χ1) is 19.7. The van der Waals surface area contributed by atoms with Crippen LogP contribution in [0.2, 0.25) is 0 Å². The molecule has 2 amide bonds. The molecule has 1 saturated heterocycles. The number of rotatable bonds is 8. The molecule has 2 aliphatic rings. The number of anilines is 2. The third-order valence-corrected chi connectivity index (χ3v) is 6.90. The van der Waals surface area contributed by atoms with Gasteiger partial charge in [-0.15, -0.1) is 0 Å². The lowest BCUT2D eigenvalue weighted by Gasteiger charge is -2.37. The molecule has 41 heavy (non-hydrogen) atoms. The molecular formula is C26H28F2N10O3. The molecule has 15 heteroatoms. The molecule has 0 radical (unpaired) electrons. The molecule has 2 aliphatic heterocycles. The van der Waals surface area contributed by atoms with Gasteiger partial charge in [-0.1, -0.05) is 0 Å². The quantitative estimate of drug-likeness (QED) is 0.239. The van der Waals surface area contributed by atoms with E-state index in [0.717, 1.165) is 0 Å². The smallest absolute Gasteiger partial charge is 0.323 e. The molecule has 5 rings (SSSR count). The molecular weight excluding hydrogens is 538 g/mol. The van der Waals surface area contributed by atoms with Crippen LogP contribution >= 0.6 is 0 Å². The molecule has 1 fully saturated rings. The van der Waals surface area contributed by atoms with Crippen LogP contribution in [0.5, 0.6) is 5.75 Å². The minimum absolute atomic E-state index is 0.00347. The van der Waals surface area contributed by atoms with Crippen molar-refractivity contribution in [1.82, 2.24) is 34.5 Å². The van der Waals surface area contributed by atoms with E-state index in [4.69, 9.17) is 9.47 Å². The maximum absolute atomic E-state index is 14.3. The Kier molecular flexibility index (Phi) is 7.41. The van der Waals surface area contributed by atoms with E-state index in [1.165, 1.54) is 23.0 Å². The van der Waals surface area contributed by atoms with Crippen molar-refractivity contribution in [3.8, 4) is 11.8 Å². The first-order valence-corrected chi connectivity index (χ1v) is 12.8. The second-order valence-electron chi connectivity index (χ2n) is 9.52. The van der Waals surface area contributed by atoms with Crippen molar-refractivity contribution in [2.75, 3.05) is 25.5 Å². The number of carbonyl (C=O) groups excluding carboxylic acids is 1. The van der Waals surface area contributed by atoms with Gasteiger partial charge in [-0.2, -0.15) is 24.1 Å². The fraction of sp³-hybridized carbons (Fsp3) is 0.385. The van der Waals surface area contributed by atoms with Gasteiger partial charge in [0.15, 0.2) is 17.2 Å². The van der Waals surface area contributed by atoms with E-state index in [1.807, 2.05) is 0 Å². The predicted octanol–water partition coefficient (Wildman–Crippen LogP) is 3.53. The molecule has 5 heterocycles. The number of hydrogen-bond acceptors (Lipinski definition) is 9. The number of nitriles is 1. The SMILES string of the molecule is C=N/C(=C\C(=C/C)Oc1cnc2nc(Nc3cc4n(n3)CCCC4(F)F)n(C)c2c1C#N)NC(=O)N1CC(OC)C1. The summed E-state index contributed by atoms with van der Waals surface area (Å²) in [7, 11) is 3.25. The van der Waals surface area contributed by atoms with E-state index in [0.29, 0.717) is 31.6 Å². The molecule has 3 aromatic heterocycles. The number of hydrogen-bond donors (Lipinski definition) is 2. The number of allylic oxidation sites excluding steroid dienone is 2. The second kappa shape index (κ2) is 11.0. The van der Waals surface area contributed by atoms with Crippen LogP contribution in [0.3, 0.4) is 0 Å².